The number of ether oxygens (including phenoxy) is 1. The largest absolute Gasteiger partial charge is 0.445 e. The number of nitrogens with zero attached hydrogens (tertiary/aromatic N) is 1. The van der Waals surface area contributed by atoms with Crippen LogP contribution in [0.4, 0.5) is 13.6 Å². The van der Waals surface area contributed by atoms with Crippen LogP contribution >= 0.6 is 0 Å². The lowest BCUT2D eigenvalue weighted by atomic mass is 10.0. The second kappa shape index (κ2) is 11.3. The van der Waals surface area contributed by atoms with Crippen LogP contribution in [0.5, 0.6) is 0 Å². The van der Waals surface area contributed by atoms with Gasteiger partial charge in [-0.3, -0.25) is 0 Å². The molecule has 0 fully saturated rings. The Labute approximate surface area is 169 Å². The van der Waals surface area contributed by atoms with Gasteiger partial charge < -0.3 is 20.1 Å². The number of carbonyl (C=O) groups excluding carboxylic acids is 1. The molecule has 0 aliphatic rings. The molecule has 5 nitrogen and oxygen atoms in total. The third kappa shape index (κ3) is 8.01. The van der Waals surface area contributed by atoms with E-state index in [1.54, 1.807) is 13.1 Å². The SMILES string of the molecule is C=CCN(C)C[C@H](O)[C@H](Cc1cc(F)cc(F)c1)NC(=O)OCc1ccccc1. The molecule has 156 valence electrons. The quantitative estimate of drug-likeness (QED) is 0.597. The second-order valence-corrected chi connectivity index (χ2v) is 6.87. The third-order valence-electron chi connectivity index (χ3n) is 4.30. The average Bonchev–Trinajstić information content (AvgIpc) is 2.66. The van der Waals surface area contributed by atoms with Crippen LogP contribution in [0.25, 0.3) is 0 Å². The highest BCUT2D eigenvalue weighted by molar-refractivity contribution is 5.67. The zero-order chi connectivity index (χ0) is 21.2. The van der Waals surface area contributed by atoms with Gasteiger partial charge in [0.15, 0.2) is 0 Å². The molecule has 0 saturated carbocycles. The maximum Gasteiger partial charge on any atom is 0.407 e. The Hall–Kier alpha value is -2.77. The first-order chi connectivity index (χ1) is 13.9. The smallest absolute Gasteiger partial charge is 0.407 e. The van der Waals surface area contributed by atoms with Crippen LogP contribution in [-0.4, -0.2) is 48.4 Å². The predicted molar refractivity (Wildman–Crippen MR) is 107 cm³/mol. The molecule has 1 amide bonds. The summed E-state index contributed by atoms with van der Waals surface area (Å²) in [5.41, 5.74) is 1.14. The molecular formula is C22H26F2N2O3. The lowest BCUT2D eigenvalue weighted by Crippen LogP contribution is -2.49. The highest BCUT2D eigenvalue weighted by Crippen LogP contribution is 2.13. The van der Waals surface area contributed by atoms with Crippen LogP contribution in [0.2, 0.25) is 0 Å². The summed E-state index contributed by atoms with van der Waals surface area (Å²) in [6.07, 6.45) is 0.0143. The summed E-state index contributed by atoms with van der Waals surface area (Å²) in [6, 6.07) is 11.5. The van der Waals surface area contributed by atoms with E-state index in [2.05, 4.69) is 11.9 Å². The fraction of sp³-hybridized carbons (Fsp3) is 0.318. The van der Waals surface area contributed by atoms with Gasteiger partial charge in [0.25, 0.3) is 0 Å². The lowest BCUT2D eigenvalue weighted by Gasteiger charge is -2.27. The number of amides is 1. The molecule has 2 aromatic rings. The zero-order valence-electron chi connectivity index (χ0n) is 16.4. The van der Waals surface area contributed by atoms with E-state index >= 15 is 0 Å². The maximum absolute atomic E-state index is 13.5. The Morgan fingerprint density at radius 2 is 1.86 bits per heavy atom. The number of carbonyl (C=O) groups is 1. The molecule has 2 rings (SSSR count). The van der Waals surface area contributed by atoms with Crippen molar-refractivity contribution in [3.63, 3.8) is 0 Å². The Balaban J connectivity index is 2.05. The number of aliphatic hydroxyl groups excluding tert-OH is 1. The summed E-state index contributed by atoms with van der Waals surface area (Å²) in [7, 11) is 1.79. The first-order valence-corrected chi connectivity index (χ1v) is 9.27. The standard InChI is InChI=1S/C22H26F2N2O3/c1-3-9-26(2)14-21(27)20(12-17-10-18(23)13-19(24)11-17)25-22(28)29-15-16-7-5-4-6-8-16/h3-8,10-11,13,20-21,27H,1,9,12,14-15H2,2H3,(H,25,28)/t20-,21-/m0/s1. The van der Waals surface area contributed by atoms with Crippen molar-refractivity contribution in [1.29, 1.82) is 0 Å². The number of likely N-dealkylation sites (N-methyl/N-ethyl adjacent to an activating group) is 1. The van der Waals surface area contributed by atoms with Crippen molar-refractivity contribution < 1.29 is 23.4 Å². The topological polar surface area (TPSA) is 61.8 Å². The molecule has 0 heterocycles. The van der Waals surface area contributed by atoms with Crippen LogP contribution < -0.4 is 5.32 Å². The predicted octanol–water partition coefficient (Wildman–Crippen LogP) is 3.28. The van der Waals surface area contributed by atoms with Gasteiger partial charge in [-0.25, -0.2) is 13.6 Å². The number of aliphatic hydroxyl groups is 1. The molecule has 0 bridgehead atoms. The fourth-order valence-corrected chi connectivity index (χ4v) is 2.92. The van der Waals surface area contributed by atoms with Crippen LogP contribution in [-0.2, 0) is 17.8 Å². The molecule has 2 aromatic carbocycles. The molecule has 0 spiro atoms. The molecule has 0 aromatic heterocycles. The third-order valence-corrected chi connectivity index (χ3v) is 4.30. The van der Waals surface area contributed by atoms with Crippen molar-refractivity contribution >= 4 is 6.09 Å². The molecule has 0 unspecified atom stereocenters. The highest BCUT2D eigenvalue weighted by Gasteiger charge is 2.24. The van der Waals surface area contributed by atoms with Gasteiger partial charge in [0.2, 0.25) is 0 Å². The maximum atomic E-state index is 13.5. The number of benzene rings is 2. The van der Waals surface area contributed by atoms with Gasteiger partial charge in [0.05, 0.1) is 12.1 Å². The summed E-state index contributed by atoms with van der Waals surface area (Å²) < 4.78 is 32.3. The summed E-state index contributed by atoms with van der Waals surface area (Å²) >= 11 is 0. The Morgan fingerprint density at radius 3 is 2.48 bits per heavy atom. The number of halogens is 2. The first kappa shape index (κ1) is 22.5. The summed E-state index contributed by atoms with van der Waals surface area (Å²) in [5, 5.41) is 13.2. The molecule has 2 N–H and O–H groups in total. The van der Waals surface area contributed by atoms with Crippen LogP contribution in [0, 0.1) is 11.6 Å². The van der Waals surface area contributed by atoms with E-state index in [0.29, 0.717) is 12.1 Å². The number of rotatable bonds is 10. The van der Waals surface area contributed by atoms with Gasteiger partial charge in [0.1, 0.15) is 18.2 Å². The van der Waals surface area contributed by atoms with E-state index in [4.69, 9.17) is 4.74 Å². The second-order valence-electron chi connectivity index (χ2n) is 6.87. The van der Waals surface area contributed by atoms with E-state index in [-0.39, 0.29) is 19.6 Å². The van der Waals surface area contributed by atoms with E-state index in [0.717, 1.165) is 11.6 Å². The van der Waals surface area contributed by atoms with Crippen LogP contribution in [0.1, 0.15) is 11.1 Å². The molecule has 7 heteroatoms. The van der Waals surface area contributed by atoms with Crippen molar-refractivity contribution in [3.8, 4) is 0 Å². The molecule has 0 radical (unpaired) electrons. The molecule has 0 saturated heterocycles. The molecule has 0 aliphatic carbocycles. The van der Waals surface area contributed by atoms with Crippen molar-refractivity contribution in [3.05, 3.63) is 83.9 Å². The Bertz CT molecular complexity index is 782. The lowest BCUT2D eigenvalue weighted by molar-refractivity contribution is 0.0809. The van der Waals surface area contributed by atoms with Crippen molar-refractivity contribution in [1.82, 2.24) is 10.2 Å². The number of alkyl carbamates (subject to hydrolysis) is 1. The molecule has 29 heavy (non-hydrogen) atoms. The number of hydrogen-bond donors (Lipinski definition) is 2. The molecule has 0 aliphatic heterocycles. The fourth-order valence-electron chi connectivity index (χ4n) is 2.92. The minimum atomic E-state index is -0.990. The average molecular weight is 404 g/mol. The Morgan fingerprint density at radius 1 is 1.21 bits per heavy atom. The summed E-state index contributed by atoms with van der Waals surface area (Å²) in [4.78, 5) is 14.1. The number of nitrogens with one attached hydrogen (secondary N) is 1. The molecular weight excluding hydrogens is 378 g/mol. The number of hydrogen-bond acceptors (Lipinski definition) is 4. The summed E-state index contributed by atoms with van der Waals surface area (Å²) in [6.45, 7) is 4.48. The van der Waals surface area contributed by atoms with Crippen LogP contribution in [0.3, 0.4) is 0 Å². The van der Waals surface area contributed by atoms with Gasteiger partial charge in [-0.15, -0.1) is 6.58 Å². The van der Waals surface area contributed by atoms with Crippen LogP contribution in [0.15, 0.2) is 61.2 Å². The van der Waals surface area contributed by atoms with Gasteiger partial charge >= 0.3 is 6.09 Å². The Kier molecular flexibility index (Phi) is 8.76. The van der Waals surface area contributed by atoms with E-state index in [9.17, 15) is 18.7 Å². The van der Waals surface area contributed by atoms with Crippen molar-refractivity contribution in [2.75, 3.05) is 20.1 Å². The molecule has 2 atom stereocenters. The van der Waals surface area contributed by atoms with Crippen molar-refractivity contribution in [2.24, 2.45) is 0 Å². The van der Waals surface area contributed by atoms with Gasteiger partial charge in [-0.2, -0.15) is 0 Å². The van der Waals surface area contributed by atoms with Gasteiger partial charge in [0, 0.05) is 19.2 Å². The van der Waals surface area contributed by atoms with Gasteiger partial charge in [-0.1, -0.05) is 36.4 Å². The minimum absolute atomic E-state index is 0.0399. The van der Waals surface area contributed by atoms with E-state index in [1.807, 2.05) is 35.2 Å². The van der Waals surface area contributed by atoms with E-state index < -0.39 is 29.9 Å². The normalized spacial score (nSPS) is 13.0. The van der Waals surface area contributed by atoms with E-state index in [1.165, 1.54) is 12.1 Å². The highest BCUT2D eigenvalue weighted by atomic mass is 19.1. The van der Waals surface area contributed by atoms with Crippen molar-refractivity contribution in [2.45, 2.75) is 25.2 Å². The summed E-state index contributed by atoms with van der Waals surface area (Å²) in [5.74, 6) is -1.44. The monoisotopic (exact) mass is 404 g/mol. The van der Waals surface area contributed by atoms with Gasteiger partial charge in [-0.05, 0) is 36.7 Å². The first-order valence-electron chi connectivity index (χ1n) is 9.27. The zero-order valence-corrected chi connectivity index (χ0v) is 16.4. The minimum Gasteiger partial charge on any atom is -0.445 e.